The molecule has 1 aliphatic heterocycles. The van der Waals surface area contributed by atoms with E-state index in [0.29, 0.717) is 0 Å². The van der Waals surface area contributed by atoms with E-state index in [-0.39, 0.29) is 6.10 Å². The highest BCUT2D eigenvalue weighted by atomic mass is 79.9. The molecule has 100 valence electrons. The Bertz CT molecular complexity index is 569. The van der Waals surface area contributed by atoms with Crippen LogP contribution in [0.4, 0.5) is 0 Å². The van der Waals surface area contributed by atoms with E-state index in [2.05, 4.69) is 39.3 Å². The Morgan fingerprint density at radius 1 is 1.32 bits per heavy atom. The van der Waals surface area contributed by atoms with Crippen molar-refractivity contribution in [3.63, 3.8) is 0 Å². The van der Waals surface area contributed by atoms with Crippen LogP contribution < -0.4 is 4.74 Å². The molecule has 4 heteroatoms. The smallest absolute Gasteiger partial charge is 0.146 e. The van der Waals surface area contributed by atoms with Crippen molar-refractivity contribution < 1.29 is 4.74 Å². The van der Waals surface area contributed by atoms with Crippen LogP contribution in [-0.4, -0.2) is 25.0 Å². The molecule has 2 heterocycles. The van der Waals surface area contributed by atoms with Gasteiger partial charge in [-0.2, -0.15) is 0 Å². The Morgan fingerprint density at radius 3 is 3.00 bits per heavy atom. The van der Waals surface area contributed by atoms with Gasteiger partial charge in [0.15, 0.2) is 0 Å². The van der Waals surface area contributed by atoms with Gasteiger partial charge in [0.2, 0.25) is 0 Å². The fourth-order valence-electron chi connectivity index (χ4n) is 2.39. The molecule has 1 aromatic heterocycles. The minimum absolute atomic E-state index is 0.126. The van der Waals surface area contributed by atoms with Crippen LogP contribution in [0.3, 0.4) is 0 Å². The van der Waals surface area contributed by atoms with E-state index in [1.165, 1.54) is 10.4 Å². The van der Waals surface area contributed by atoms with Crippen molar-refractivity contribution in [2.45, 2.75) is 12.5 Å². The monoisotopic (exact) mass is 337 g/mol. The van der Waals surface area contributed by atoms with E-state index in [1.807, 2.05) is 24.3 Å². The van der Waals surface area contributed by atoms with Gasteiger partial charge in [0.25, 0.3) is 0 Å². The molecule has 0 amide bonds. The summed E-state index contributed by atoms with van der Waals surface area (Å²) in [7, 11) is 2.16. The molecule has 0 fully saturated rings. The maximum Gasteiger partial charge on any atom is 0.146 e. The molecule has 1 atom stereocenters. The molecule has 2 aromatic rings. The van der Waals surface area contributed by atoms with Gasteiger partial charge in [-0.1, -0.05) is 12.1 Å². The zero-order valence-corrected chi connectivity index (χ0v) is 13.2. The summed E-state index contributed by atoms with van der Waals surface area (Å²) in [4.78, 5) is 3.72. The third kappa shape index (κ3) is 2.86. The molecule has 0 saturated heterocycles. The van der Waals surface area contributed by atoms with Gasteiger partial charge in [-0.15, -0.1) is 11.3 Å². The highest BCUT2D eigenvalue weighted by Gasteiger charge is 2.24. The van der Waals surface area contributed by atoms with Gasteiger partial charge in [-0.25, -0.2) is 0 Å². The molecule has 0 saturated carbocycles. The molecule has 1 aliphatic rings. The number of benzene rings is 1. The number of rotatable bonds is 2. The van der Waals surface area contributed by atoms with E-state index in [9.17, 15) is 0 Å². The van der Waals surface area contributed by atoms with E-state index >= 15 is 0 Å². The summed E-state index contributed by atoms with van der Waals surface area (Å²) in [5, 5.41) is 2.17. The third-order valence-electron chi connectivity index (χ3n) is 3.42. The van der Waals surface area contributed by atoms with Crippen molar-refractivity contribution in [3.8, 4) is 5.75 Å². The molecule has 0 bridgehead atoms. The van der Waals surface area contributed by atoms with Gasteiger partial charge in [0, 0.05) is 18.0 Å². The van der Waals surface area contributed by atoms with Crippen LogP contribution in [0.15, 0.2) is 40.2 Å². The van der Waals surface area contributed by atoms with Crippen LogP contribution in [-0.2, 0) is 6.42 Å². The maximum atomic E-state index is 6.24. The lowest BCUT2D eigenvalue weighted by atomic mass is 10.1. The Hall–Kier alpha value is -0.840. The summed E-state index contributed by atoms with van der Waals surface area (Å²) >= 11 is 5.36. The normalized spacial score (nSPS) is 19.8. The predicted octanol–water partition coefficient (Wildman–Crippen LogP) is 4.12. The van der Waals surface area contributed by atoms with Crippen LogP contribution in [0.5, 0.6) is 5.75 Å². The second kappa shape index (κ2) is 5.65. The first kappa shape index (κ1) is 13.2. The van der Waals surface area contributed by atoms with Crippen molar-refractivity contribution >= 4 is 27.3 Å². The van der Waals surface area contributed by atoms with Gasteiger partial charge >= 0.3 is 0 Å². The van der Waals surface area contributed by atoms with Crippen molar-refractivity contribution in [1.29, 1.82) is 0 Å². The van der Waals surface area contributed by atoms with Gasteiger partial charge in [0.05, 0.1) is 4.47 Å². The first-order valence-electron chi connectivity index (χ1n) is 6.40. The molecule has 1 aromatic carbocycles. The number of fused-ring (bicyclic) bond motifs is 1. The lowest BCUT2D eigenvalue weighted by Gasteiger charge is -2.22. The molecular formula is C15H16BrNOS. The molecule has 0 spiro atoms. The molecule has 19 heavy (non-hydrogen) atoms. The van der Waals surface area contributed by atoms with Crippen molar-refractivity contribution in [2.75, 3.05) is 20.1 Å². The van der Waals surface area contributed by atoms with E-state index < -0.39 is 0 Å². The van der Waals surface area contributed by atoms with Crippen molar-refractivity contribution in [2.24, 2.45) is 0 Å². The first-order valence-corrected chi connectivity index (χ1v) is 8.07. The Morgan fingerprint density at radius 2 is 2.16 bits per heavy atom. The minimum atomic E-state index is 0.126. The Balaban J connectivity index is 1.89. The Labute approximate surface area is 126 Å². The molecule has 0 N–H and O–H groups in total. The number of thiophene rings is 1. The van der Waals surface area contributed by atoms with Gasteiger partial charge in [-0.3, -0.25) is 0 Å². The summed E-state index contributed by atoms with van der Waals surface area (Å²) in [6.45, 7) is 2.04. The number of likely N-dealkylation sites (N-methyl/N-ethyl adjacent to an activating group) is 1. The highest BCUT2D eigenvalue weighted by Crippen LogP contribution is 2.34. The topological polar surface area (TPSA) is 12.5 Å². The molecular weight excluding hydrogens is 322 g/mol. The number of halogens is 1. The fourth-order valence-corrected chi connectivity index (χ4v) is 3.74. The van der Waals surface area contributed by atoms with Gasteiger partial charge in [-0.05, 0) is 58.5 Å². The van der Waals surface area contributed by atoms with E-state index in [1.54, 1.807) is 11.3 Å². The van der Waals surface area contributed by atoms with E-state index in [0.717, 1.165) is 29.7 Å². The van der Waals surface area contributed by atoms with Crippen LogP contribution in [0.2, 0.25) is 0 Å². The summed E-state index contributed by atoms with van der Waals surface area (Å²) in [5.41, 5.74) is 1.44. The van der Waals surface area contributed by atoms with Crippen LogP contribution in [0.25, 0.3) is 0 Å². The third-order valence-corrected chi connectivity index (χ3v) is 5.13. The summed E-state index contributed by atoms with van der Waals surface area (Å²) < 4.78 is 7.26. The summed E-state index contributed by atoms with van der Waals surface area (Å²) in [6, 6.07) is 10.3. The van der Waals surface area contributed by atoms with Gasteiger partial charge in [0.1, 0.15) is 11.9 Å². The number of hydrogen-bond acceptors (Lipinski definition) is 3. The zero-order chi connectivity index (χ0) is 13.2. The fraction of sp³-hybridized carbons (Fsp3) is 0.333. The summed E-state index contributed by atoms with van der Waals surface area (Å²) in [5.74, 6) is 0.919. The number of para-hydroxylation sites is 1. The molecule has 3 rings (SSSR count). The molecule has 0 radical (unpaired) electrons. The number of nitrogens with zero attached hydrogens (tertiary/aromatic N) is 1. The zero-order valence-electron chi connectivity index (χ0n) is 10.8. The predicted molar refractivity (Wildman–Crippen MR) is 83.0 cm³/mol. The summed E-state index contributed by atoms with van der Waals surface area (Å²) in [6.07, 6.45) is 1.24. The second-order valence-corrected chi connectivity index (χ2v) is 6.66. The maximum absolute atomic E-state index is 6.24. The van der Waals surface area contributed by atoms with Crippen LogP contribution in [0, 0.1) is 0 Å². The lowest BCUT2D eigenvalue weighted by Crippen LogP contribution is -2.26. The lowest BCUT2D eigenvalue weighted by molar-refractivity contribution is 0.158. The van der Waals surface area contributed by atoms with E-state index in [4.69, 9.17) is 4.74 Å². The quantitative estimate of drug-likeness (QED) is 0.817. The number of hydrogen-bond donors (Lipinski definition) is 0. The standard InChI is InChI=1S/C15H16BrNOS/c1-17-8-6-11-7-9-19-15(11)14(10-17)18-13-5-3-2-4-12(13)16/h2-5,7,9,14H,6,8,10H2,1H3. The molecule has 0 aliphatic carbocycles. The second-order valence-electron chi connectivity index (χ2n) is 4.86. The molecule has 2 nitrogen and oxygen atoms in total. The average molecular weight is 338 g/mol. The van der Waals surface area contributed by atoms with Gasteiger partial charge < -0.3 is 9.64 Å². The van der Waals surface area contributed by atoms with Crippen LogP contribution >= 0.6 is 27.3 Å². The highest BCUT2D eigenvalue weighted by molar-refractivity contribution is 9.10. The average Bonchev–Trinajstić information content (AvgIpc) is 2.81. The minimum Gasteiger partial charge on any atom is -0.482 e. The SMILES string of the molecule is CN1CCc2ccsc2C(Oc2ccccc2Br)C1. The Kier molecular flexibility index (Phi) is 3.91. The molecule has 1 unspecified atom stereocenters. The number of ether oxygens (including phenoxy) is 1. The van der Waals surface area contributed by atoms with Crippen LogP contribution in [0.1, 0.15) is 16.5 Å². The van der Waals surface area contributed by atoms with Crippen molar-refractivity contribution in [3.05, 3.63) is 50.6 Å². The van der Waals surface area contributed by atoms with Crippen molar-refractivity contribution in [1.82, 2.24) is 4.90 Å². The largest absolute Gasteiger partial charge is 0.482 e. The first-order chi connectivity index (χ1) is 9.24.